The van der Waals surface area contributed by atoms with Gasteiger partial charge in [0.15, 0.2) is 0 Å². The van der Waals surface area contributed by atoms with Crippen molar-refractivity contribution in [1.82, 2.24) is 5.43 Å². The first-order valence-electron chi connectivity index (χ1n) is 6.07. The lowest BCUT2D eigenvalue weighted by Crippen LogP contribution is -2.52. The first-order valence-corrected chi connectivity index (χ1v) is 6.07. The Labute approximate surface area is 97.5 Å². The number of quaternary nitrogens is 1. The van der Waals surface area contributed by atoms with Gasteiger partial charge in [0.1, 0.15) is 13.1 Å². The summed E-state index contributed by atoms with van der Waals surface area (Å²) in [5, 5.41) is 0. The van der Waals surface area contributed by atoms with Gasteiger partial charge in [-0.3, -0.25) is 10.2 Å². The molecule has 0 aromatic rings. The highest BCUT2D eigenvalue weighted by atomic mass is 16.5. The number of hydrazine groups is 1. The second-order valence-electron chi connectivity index (χ2n) is 4.78. The summed E-state index contributed by atoms with van der Waals surface area (Å²) in [6, 6.07) is 0. The van der Waals surface area contributed by atoms with Crippen LogP contribution in [0.15, 0.2) is 0 Å². The molecule has 1 aliphatic heterocycles. The van der Waals surface area contributed by atoms with Crippen molar-refractivity contribution in [3.8, 4) is 0 Å². The molecule has 1 aliphatic rings. The zero-order chi connectivity index (χ0) is 11.9. The summed E-state index contributed by atoms with van der Waals surface area (Å²) in [5.41, 5.74) is 2.15. The molecule has 1 rings (SSSR count). The molecule has 1 heterocycles. The van der Waals surface area contributed by atoms with Crippen LogP contribution in [-0.2, 0) is 9.53 Å². The van der Waals surface area contributed by atoms with Crippen molar-refractivity contribution < 1.29 is 14.0 Å². The van der Waals surface area contributed by atoms with Crippen LogP contribution in [0.3, 0.4) is 0 Å². The number of rotatable bonds is 6. The highest BCUT2D eigenvalue weighted by Gasteiger charge is 2.24. The summed E-state index contributed by atoms with van der Waals surface area (Å²) >= 11 is 0. The van der Waals surface area contributed by atoms with E-state index >= 15 is 0 Å². The predicted molar refractivity (Wildman–Crippen MR) is 62.4 cm³/mol. The van der Waals surface area contributed by atoms with E-state index in [0.717, 1.165) is 43.6 Å². The van der Waals surface area contributed by atoms with Crippen LogP contribution in [0, 0.1) is 0 Å². The second-order valence-corrected chi connectivity index (χ2v) is 4.78. The maximum atomic E-state index is 10.9. The number of nitrogens with zero attached hydrogens (tertiary/aromatic N) is 1. The van der Waals surface area contributed by atoms with Crippen molar-refractivity contribution in [2.75, 3.05) is 39.9 Å². The van der Waals surface area contributed by atoms with Gasteiger partial charge >= 0.3 is 0 Å². The molecule has 1 amide bonds. The van der Waals surface area contributed by atoms with Gasteiger partial charge in [0.25, 0.3) is 0 Å². The van der Waals surface area contributed by atoms with Crippen molar-refractivity contribution in [2.24, 2.45) is 5.84 Å². The summed E-state index contributed by atoms with van der Waals surface area (Å²) < 4.78 is 6.47. The number of unbranched alkanes of at least 4 members (excludes halogenated alkanes) is 2. The summed E-state index contributed by atoms with van der Waals surface area (Å²) in [6.45, 7) is 5.18. The molecular formula is C11H24N3O2+. The molecule has 1 fully saturated rings. The molecule has 0 aliphatic carbocycles. The van der Waals surface area contributed by atoms with Crippen LogP contribution >= 0.6 is 0 Å². The van der Waals surface area contributed by atoms with E-state index in [1.807, 2.05) is 0 Å². The van der Waals surface area contributed by atoms with Gasteiger partial charge in [-0.2, -0.15) is 0 Å². The van der Waals surface area contributed by atoms with E-state index in [9.17, 15) is 4.79 Å². The molecule has 5 nitrogen and oxygen atoms in total. The van der Waals surface area contributed by atoms with Crippen LogP contribution in [0.2, 0.25) is 0 Å². The minimum Gasteiger partial charge on any atom is -0.370 e. The number of nitrogens with two attached hydrogens (primary N) is 1. The average Bonchev–Trinajstić information content (AvgIpc) is 2.29. The van der Waals surface area contributed by atoms with Crippen molar-refractivity contribution >= 4 is 5.91 Å². The number of hydrogen-bond acceptors (Lipinski definition) is 3. The van der Waals surface area contributed by atoms with Crippen molar-refractivity contribution in [1.29, 1.82) is 0 Å². The molecule has 0 radical (unpaired) electrons. The fourth-order valence-corrected chi connectivity index (χ4v) is 2.04. The monoisotopic (exact) mass is 230 g/mol. The van der Waals surface area contributed by atoms with Gasteiger partial charge < -0.3 is 9.22 Å². The fraction of sp³-hybridized carbons (Fsp3) is 0.909. The van der Waals surface area contributed by atoms with E-state index in [4.69, 9.17) is 10.6 Å². The molecule has 16 heavy (non-hydrogen) atoms. The molecule has 0 saturated carbocycles. The third kappa shape index (κ3) is 4.92. The molecule has 0 bridgehead atoms. The first kappa shape index (κ1) is 13.4. The highest BCUT2D eigenvalue weighted by Crippen LogP contribution is 2.11. The van der Waals surface area contributed by atoms with E-state index in [-0.39, 0.29) is 5.91 Å². The Hall–Kier alpha value is -0.650. The van der Waals surface area contributed by atoms with Crippen LogP contribution in [0.5, 0.6) is 0 Å². The zero-order valence-corrected chi connectivity index (χ0v) is 10.2. The molecular weight excluding hydrogens is 206 g/mol. The number of ether oxygens (including phenoxy) is 1. The summed E-state index contributed by atoms with van der Waals surface area (Å²) in [6.07, 6.45) is 3.75. The van der Waals surface area contributed by atoms with E-state index < -0.39 is 0 Å². The number of amides is 1. The van der Waals surface area contributed by atoms with Crippen LogP contribution in [0.4, 0.5) is 0 Å². The average molecular weight is 230 g/mol. The Kier molecular flexibility index (Phi) is 5.73. The lowest BCUT2D eigenvalue weighted by Gasteiger charge is -2.37. The molecule has 0 spiro atoms. The molecule has 0 aromatic heterocycles. The van der Waals surface area contributed by atoms with Gasteiger partial charge in [0.2, 0.25) is 5.91 Å². The molecule has 1 saturated heterocycles. The molecule has 3 N–H and O–H groups in total. The van der Waals surface area contributed by atoms with Gasteiger partial charge in [-0.1, -0.05) is 0 Å². The molecule has 0 atom stereocenters. The van der Waals surface area contributed by atoms with Gasteiger partial charge in [0, 0.05) is 6.42 Å². The van der Waals surface area contributed by atoms with Crippen LogP contribution < -0.4 is 11.3 Å². The number of likely N-dealkylation sites (N-methyl/N-ethyl adjacent to an activating group) is 1. The van der Waals surface area contributed by atoms with E-state index in [2.05, 4.69) is 12.5 Å². The lowest BCUT2D eigenvalue weighted by molar-refractivity contribution is -0.917. The summed E-state index contributed by atoms with van der Waals surface area (Å²) in [4.78, 5) is 10.9. The fourth-order valence-electron chi connectivity index (χ4n) is 2.04. The maximum Gasteiger partial charge on any atom is 0.233 e. The molecule has 5 heteroatoms. The van der Waals surface area contributed by atoms with Gasteiger partial charge in [-0.05, 0) is 19.3 Å². The van der Waals surface area contributed by atoms with E-state index in [1.165, 1.54) is 13.0 Å². The first-order chi connectivity index (χ1) is 7.66. The lowest BCUT2D eigenvalue weighted by atomic mass is 10.1. The highest BCUT2D eigenvalue weighted by molar-refractivity contribution is 5.74. The summed E-state index contributed by atoms with van der Waals surface area (Å²) in [5.74, 6) is 4.95. The van der Waals surface area contributed by atoms with Crippen molar-refractivity contribution in [3.05, 3.63) is 0 Å². The Morgan fingerprint density at radius 2 is 2.00 bits per heavy atom. The number of morpholine rings is 1. The topological polar surface area (TPSA) is 64.4 Å². The molecule has 0 unspecified atom stereocenters. The third-order valence-electron chi connectivity index (χ3n) is 3.31. The summed E-state index contributed by atoms with van der Waals surface area (Å²) in [7, 11) is 2.29. The Balaban J connectivity index is 2.03. The van der Waals surface area contributed by atoms with E-state index in [0.29, 0.717) is 6.42 Å². The zero-order valence-electron chi connectivity index (χ0n) is 10.2. The Morgan fingerprint density at radius 3 is 2.62 bits per heavy atom. The van der Waals surface area contributed by atoms with Gasteiger partial charge in [0.05, 0.1) is 26.8 Å². The smallest absolute Gasteiger partial charge is 0.233 e. The minimum atomic E-state index is -0.0632. The van der Waals surface area contributed by atoms with E-state index in [1.54, 1.807) is 0 Å². The van der Waals surface area contributed by atoms with Gasteiger partial charge in [-0.15, -0.1) is 0 Å². The minimum absolute atomic E-state index is 0.0632. The van der Waals surface area contributed by atoms with Crippen LogP contribution in [0.1, 0.15) is 25.7 Å². The maximum absolute atomic E-state index is 10.9. The largest absolute Gasteiger partial charge is 0.370 e. The normalized spacial score (nSPS) is 19.4. The number of nitrogens with one attached hydrogen (secondary N) is 1. The standard InChI is InChI=1S/C11H23N3O2/c1-14(7-9-16-10-8-14)6-4-2-3-5-11(15)13-12/h2-10,12H2,1H3/p+1. The molecule has 0 aromatic carbocycles. The SMILES string of the molecule is C[N+]1(CCCCCC(=O)NN)CCOCC1. The third-order valence-corrected chi connectivity index (χ3v) is 3.31. The van der Waals surface area contributed by atoms with Crippen molar-refractivity contribution in [2.45, 2.75) is 25.7 Å². The van der Waals surface area contributed by atoms with Crippen LogP contribution in [0.25, 0.3) is 0 Å². The number of carbonyl (C=O) groups is 1. The second kappa shape index (κ2) is 6.83. The number of hydrogen-bond donors (Lipinski definition) is 2. The van der Waals surface area contributed by atoms with Crippen LogP contribution in [-0.4, -0.2) is 50.3 Å². The Bertz CT molecular complexity index is 215. The number of carbonyl (C=O) groups excluding carboxylic acids is 1. The Morgan fingerprint density at radius 1 is 1.31 bits per heavy atom. The van der Waals surface area contributed by atoms with Gasteiger partial charge in [-0.25, -0.2) is 5.84 Å². The molecule has 94 valence electrons. The quantitative estimate of drug-likeness (QED) is 0.222. The predicted octanol–water partition coefficient (Wildman–Crippen LogP) is 0.0135. The van der Waals surface area contributed by atoms with Crippen molar-refractivity contribution in [3.63, 3.8) is 0 Å².